The van der Waals surface area contributed by atoms with Crippen LogP contribution in [0.2, 0.25) is 0 Å². The molecule has 4 N–H and O–H groups in total. The van der Waals surface area contributed by atoms with Gasteiger partial charge in [-0.25, -0.2) is 4.79 Å². The van der Waals surface area contributed by atoms with Crippen LogP contribution in [0.5, 0.6) is 5.75 Å². The molecule has 0 unspecified atom stereocenters. The Morgan fingerprint density at radius 3 is 2.28 bits per heavy atom. The van der Waals surface area contributed by atoms with Crippen LogP contribution < -0.4 is 10.6 Å². The summed E-state index contributed by atoms with van der Waals surface area (Å²) in [5.74, 6) is -1.81. The van der Waals surface area contributed by atoms with Gasteiger partial charge in [-0.1, -0.05) is 13.8 Å². The third-order valence-corrected chi connectivity index (χ3v) is 3.70. The number of carbonyl (C=O) groups is 2. The average Bonchev–Trinajstić information content (AvgIpc) is 2.54. The van der Waals surface area contributed by atoms with Crippen molar-refractivity contribution in [2.45, 2.75) is 32.7 Å². The highest BCUT2D eigenvalue weighted by atomic mass is 16.4. The topological polar surface area (TPSA) is 102 Å². The zero-order chi connectivity index (χ0) is 18.8. The van der Waals surface area contributed by atoms with Gasteiger partial charge in [-0.2, -0.15) is 0 Å². The Bertz CT molecular complexity index is 575. The molecule has 0 bridgehead atoms. The van der Waals surface area contributed by atoms with Gasteiger partial charge in [0.1, 0.15) is 5.75 Å². The Balaban J connectivity index is 2.30. The van der Waals surface area contributed by atoms with Gasteiger partial charge in [0, 0.05) is 18.2 Å². The van der Waals surface area contributed by atoms with E-state index in [1.54, 1.807) is 0 Å². The molecule has 25 heavy (non-hydrogen) atoms. The van der Waals surface area contributed by atoms with Crippen LogP contribution in [0.25, 0.3) is 0 Å². The summed E-state index contributed by atoms with van der Waals surface area (Å²) in [7, 11) is 2.05. The predicted molar refractivity (Wildman–Crippen MR) is 97.3 cm³/mol. The highest BCUT2D eigenvalue weighted by Crippen LogP contribution is 2.15. The van der Waals surface area contributed by atoms with Gasteiger partial charge < -0.3 is 25.7 Å². The fraction of sp³-hybridized carbons (Fsp3) is 0.556. The molecule has 0 saturated carbocycles. The van der Waals surface area contributed by atoms with E-state index in [1.807, 2.05) is 7.05 Å². The lowest BCUT2D eigenvalue weighted by molar-refractivity contribution is 0.0696. The molecule has 1 rings (SSSR count). The van der Waals surface area contributed by atoms with Crippen LogP contribution in [-0.4, -0.2) is 66.3 Å². The first-order chi connectivity index (χ1) is 11.8. The molecule has 0 heterocycles. The Hall–Kier alpha value is -2.12. The number of nitrogens with zero attached hydrogens (tertiary/aromatic N) is 1. The molecule has 7 nitrogen and oxygen atoms in total. The lowest BCUT2D eigenvalue weighted by atomic mass is 10.1. The zero-order valence-corrected chi connectivity index (χ0v) is 15.2. The maximum Gasteiger partial charge on any atom is 0.335 e. The van der Waals surface area contributed by atoms with Crippen molar-refractivity contribution in [3.05, 3.63) is 29.3 Å². The number of carboxylic acid groups (broad SMARTS) is 1. The molecule has 1 amide bonds. The smallest absolute Gasteiger partial charge is 0.335 e. The number of carbonyl (C=O) groups excluding carboxylic acids is 1. The highest BCUT2D eigenvalue weighted by molar-refractivity contribution is 5.98. The van der Waals surface area contributed by atoms with Gasteiger partial charge in [-0.3, -0.25) is 4.79 Å². The minimum Gasteiger partial charge on any atom is -0.508 e. The minimum atomic E-state index is -1.18. The second kappa shape index (κ2) is 10.7. The second-order valence-corrected chi connectivity index (χ2v) is 6.45. The van der Waals surface area contributed by atoms with Crippen molar-refractivity contribution in [2.75, 3.05) is 33.2 Å². The predicted octanol–water partition coefficient (Wildman–Crippen LogP) is 1.53. The third-order valence-electron chi connectivity index (χ3n) is 3.70. The molecule has 0 aromatic heterocycles. The molecule has 0 radical (unpaired) electrons. The van der Waals surface area contributed by atoms with E-state index in [1.165, 1.54) is 12.1 Å². The molecule has 1 aromatic carbocycles. The van der Waals surface area contributed by atoms with Gasteiger partial charge in [-0.15, -0.1) is 0 Å². The van der Waals surface area contributed by atoms with Gasteiger partial charge in [0.15, 0.2) is 0 Å². The number of hydrogen-bond donors (Lipinski definition) is 4. The van der Waals surface area contributed by atoms with Crippen molar-refractivity contribution in [1.82, 2.24) is 15.5 Å². The molecule has 0 saturated heterocycles. The number of phenols is 1. The van der Waals surface area contributed by atoms with Crippen molar-refractivity contribution < 1.29 is 19.8 Å². The van der Waals surface area contributed by atoms with Crippen LogP contribution in [0.15, 0.2) is 18.2 Å². The van der Waals surface area contributed by atoms with Crippen molar-refractivity contribution in [3.8, 4) is 5.75 Å². The number of carboxylic acids is 1. The molecule has 0 atom stereocenters. The lowest BCUT2D eigenvalue weighted by Gasteiger charge is -2.17. The fourth-order valence-corrected chi connectivity index (χ4v) is 2.37. The highest BCUT2D eigenvalue weighted by Gasteiger charge is 2.12. The van der Waals surface area contributed by atoms with Crippen molar-refractivity contribution >= 4 is 11.9 Å². The third kappa shape index (κ3) is 8.51. The Morgan fingerprint density at radius 2 is 1.68 bits per heavy atom. The number of nitrogens with one attached hydrogen (secondary N) is 2. The van der Waals surface area contributed by atoms with E-state index >= 15 is 0 Å². The molecule has 0 spiro atoms. The summed E-state index contributed by atoms with van der Waals surface area (Å²) in [6.45, 7) is 7.58. The van der Waals surface area contributed by atoms with E-state index in [0.29, 0.717) is 12.6 Å². The number of rotatable bonds is 11. The summed E-state index contributed by atoms with van der Waals surface area (Å²) in [4.78, 5) is 25.2. The number of aromatic carboxylic acids is 1. The van der Waals surface area contributed by atoms with Crippen LogP contribution in [0.4, 0.5) is 0 Å². The first kappa shape index (κ1) is 20.9. The molecule has 140 valence electrons. The summed E-state index contributed by atoms with van der Waals surface area (Å²) in [6.07, 6.45) is 1.87. The van der Waals surface area contributed by atoms with Crippen LogP contribution in [-0.2, 0) is 0 Å². The second-order valence-electron chi connectivity index (χ2n) is 6.45. The maximum absolute atomic E-state index is 12.1. The number of aromatic hydroxyl groups is 1. The Labute approximate surface area is 149 Å². The van der Waals surface area contributed by atoms with Crippen molar-refractivity contribution in [3.63, 3.8) is 0 Å². The molecule has 0 aliphatic heterocycles. The number of amides is 1. The van der Waals surface area contributed by atoms with E-state index in [-0.39, 0.29) is 22.8 Å². The monoisotopic (exact) mass is 351 g/mol. The van der Waals surface area contributed by atoms with Gasteiger partial charge in [0.2, 0.25) is 0 Å². The molecule has 1 aromatic rings. The quantitative estimate of drug-likeness (QED) is 0.451. The summed E-state index contributed by atoms with van der Waals surface area (Å²) in [5, 5.41) is 24.6. The first-order valence-corrected chi connectivity index (χ1v) is 8.57. The first-order valence-electron chi connectivity index (χ1n) is 8.57. The largest absolute Gasteiger partial charge is 0.508 e. The fourth-order valence-electron chi connectivity index (χ4n) is 2.37. The summed E-state index contributed by atoms with van der Waals surface area (Å²) in [6, 6.07) is 4.13. The van der Waals surface area contributed by atoms with Gasteiger partial charge in [0.25, 0.3) is 5.91 Å². The van der Waals surface area contributed by atoms with E-state index in [0.717, 1.165) is 38.5 Å². The molecular formula is C18H29N3O4. The molecular weight excluding hydrogens is 322 g/mol. The number of hydrogen-bond acceptors (Lipinski definition) is 5. The van der Waals surface area contributed by atoms with E-state index in [4.69, 9.17) is 5.11 Å². The molecule has 0 aliphatic rings. The van der Waals surface area contributed by atoms with E-state index in [2.05, 4.69) is 29.4 Å². The lowest BCUT2D eigenvalue weighted by Crippen LogP contribution is -2.30. The maximum atomic E-state index is 12.1. The van der Waals surface area contributed by atoms with Crippen molar-refractivity contribution in [2.24, 2.45) is 0 Å². The van der Waals surface area contributed by atoms with Crippen LogP contribution in [0.1, 0.15) is 47.4 Å². The number of phenolic OH excluding ortho intramolecular Hbond substituents is 1. The summed E-state index contributed by atoms with van der Waals surface area (Å²) < 4.78 is 0. The summed E-state index contributed by atoms with van der Waals surface area (Å²) >= 11 is 0. The zero-order valence-electron chi connectivity index (χ0n) is 15.2. The Morgan fingerprint density at radius 1 is 1.08 bits per heavy atom. The summed E-state index contributed by atoms with van der Waals surface area (Å²) in [5.41, 5.74) is 0.0328. The average molecular weight is 351 g/mol. The normalized spacial score (nSPS) is 11.1. The van der Waals surface area contributed by atoms with Gasteiger partial charge >= 0.3 is 5.97 Å². The molecule has 7 heteroatoms. The van der Waals surface area contributed by atoms with E-state index < -0.39 is 5.97 Å². The van der Waals surface area contributed by atoms with Gasteiger partial charge in [0.05, 0.1) is 5.56 Å². The Kier molecular flexibility index (Phi) is 8.94. The van der Waals surface area contributed by atoms with E-state index in [9.17, 15) is 14.7 Å². The number of benzene rings is 1. The minimum absolute atomic E-state index is 0.111. The van der Waals surface area contributed by atoms with Crippen LogP contribution >= 0.6 is 0 Å². The molecule has 0 aliphatic carbocycles. The van der Waals surface area contributed by atoms with Crippen LogP contribution in [0.3, 0.4) is 0 Å². The SMILES string of the molecule is CC(C)NCCCN(C)CCCNC(=O)c1cc(O)cc(C(=O)O)c1. The van der Waals surface area contributed by atoms with Crippen molar-refractivity contribution in [1.29, 1.82) is 0 Å². The van der Waals surface area contributed by atoms with Crippen LogP contribution in [0, 0.1) is 0 Å². The standard InChI is InChI=1S/C18H29N3O4/c1-13(2)19-6-4-8-21(3)9-5-7-20-17(23)14-10-15(18(24)25)12-16(22)11-14/h10-13,19,22H,4-9H2,1-3H3,(H,20,23)(H,24,25). The molecule has 0 fully saturated rings. The van der Waals surface area contributed by atoms with Gasteiger partial charge in [-0.05, 0) is 57.7 Å².